The van der Waals surface area contributed by atoms with E-state index in [0.717, 1.165) is 42.7 Å². The van der Waals surface area contributed by atoms with Crippen LogP contribution in [0.25, 0.3) is 0 Å². The quantitative estimate of drug-likeness (QED) is 0.786. The number of benzene rings is 1. The fourth-order valence-electron chi connectivity index (χ4n) is 3.09. The topological polar surface area (TPSA) is 32.3 Å². The summed E-state index contributed by atoms with van der Waals surface area (Å²) >= 11 is 3.55. The minimum absolute atomic E-state index is 0. The van der Waals surface area contributed by atoms with Gasteiger partial charge in [0.1, 0.15) is 0 Å². The van der Waals surface area contributed by atoms with Crippen LogP contribution < -0.4 is 5.32 Å². The van der Waals surface area contributed by atoms with Gasteiger partial charge in [0.25, 0.3) is 0 Å². The van der Waals surface area contributed by atoms with Gasteiger partial charge in [0.05, 0.1) is 0 Å². The molecule has 3 nitrogen and oxygen atoms in total. The molecule has 1 amide bonds. The fraction of sp³-hybridized carbons (Fsp3) is 0.611. The molecule has 1 aromatic rings. The Morgan fingerprint density at radius 3 is 2.52 bits per heavy atom. The van der Waals surface area contributed by atoms with Crippen molar-refractivity contribution in [1.29, 1.82) is 0 Å². The highest BCUT2D eigenvalue weighted by molar-refractivity contribution is 9.10. The second-order valence-corrected chi connectivity index (χ2v) is 7.45. The third-order valence-electron chi connectivity index (χ3n) is 4.81. The van der Waals surface area contributed by atoms with Crippen molar-refractivity contribution in [1.82, 2.24) is 10.2 Å². The van der Waals surface area contributed by atoms with E-state index < -0.39 is 0 Å². The van der Waals surface area contributed by atoms with Crippen LogP contribution in [0.15, 0.2) is 28.7 Å². The lowest BCUT2D eigenvalue weighted by Crippen LogP contribution is -2.45. The highest BCUT2D eigenvalue weighted by atomic mass is 79.9. The Bertz CT molecular complexity index is 513. The molecule has 0 radical (unpaired) electrons. The number of hydrogen-bond donors (Lipinski definition) is 1. The van der Waals surface area contributed by atoms with Gasteiger partial charge < -0.3 is 10.2 Å². The average molecular weight is 402 g/mol. The summed E-state index contributed by atoms with van der Waals surface area (Å²) in [5.74, 6) is 1.24. The van der Waals surface area contributed by atoms with Crippen LogP contribution in [-0.4, -0.2) is 36.5 Å². The summed E-state index contributed by atoms with van der Waals surface area (Å²) in [7, 11) is 0. The highest BCUT2D eigenvalue weighted by Crippen LogP contribution is 2.28. The third kappa shape index (κ3) is 5.77. The predicted octanol–water partition coefficient (Wildman–Crippen LogP) is 3.79. The van der Waals surface area contributed by atoms with Gasteiger partial charge in [-0.05, 0) is 56.2 Å². The number of rotatable bonds is 6. The molecule has 3 rings (SSSR count). The summed E-state index contributed by atoms with van der Waals surface area (Å²) in [5, 5.41) is 3.66. The maximum atomic E-state index is 12.4. The normalized spacial score (nSPS) is 18.6. The van der Waals surface area contributed by atoms with Crippen molar-refractivity contribution in [3.8, 4) is 0 Å². The Morgan fingerprint density at radius 2 is 1.87 bits per heavy atom. The van der Waals surface area contributed by atoms with Crippen LogP contribution in [0.1, 0.15) is 37.7 Å². The van der Waals surface area contributed by atoms with E-state index in [-0.39, 0.29) is 12.4 Å². The largest absolute Gasteiger partial charge is 0.343 e. The number of halogens is 2. The van der Waals surface area contributed by atoms with E-state index in [9.17, 15) is 4.79 Å². The molecular weight excluding hydrogens is 376 g/mol. The molecule has 23 heavy (non-hydrogen) atoms. The number of amides is 1. The number of likely N-dealkylation sites (tertiary alicyclic amines) is 1. The molecule has 0 unspecified atom stereocenters. The fourth-order valence-corrected chi connectivity index (χ4v) is 3.57. The second kappa shape index (κ2) is 9.05. The molecule has 0 spiro atoms. The molecule has 1 N–H and O–H groups in total. The van der Waals surface area contributed by atoms with Crippen molar-refractivity contribution in [2.45, 2.75) is 44.6 Å². The zero-order valence-electron chi connectivity index (χ0n) is 13.5. The molecule has 2 fully saturated rings. The number of piperidine rings is 1. The molecule has 1 aliphatic carbocycles. The molecule has 1 aromatic carbocycles. The Kier molecular flexibility index (Phi) is 7.38. The van der Waals surface area contributed by atoms with Crippen LogP contribution in [0.3, 0.4) is 0 Å². The van der Waals surface area contributed by atoms with E-state index in [0.29, 0.717) is 18.4 Å². The van der Waals surface area contributed by atoms with E-state index >= 15 is 0 Å². The number of aryl methyl sites for hydroxylation is 1. The first-order valence-corrected chi connectivity index (χ1v) is 9.26. The Balaban J connectivity index is 0.00000192. The van der Waals surface area contributed by atoms with E-state index in [1.165, 1.54) is 24.9 Å². The van der Waals surface area contributed by atoms with Crippen molar-refractivity contribution in [3.05, 3.63) is 34.3 Å². The van der Waals surface area contributed by atoms with Gasteiger partial charge in [-0.15, -0.1) is 12.4 Å². The van der Waals surface area contributed by atoms with Gasteiger partial charge in [-0.1, -0.05) is 34.1 Å². The van der Waals surface area contributed by atoms with Crippen molar-refractivity contribution >= 4 is 34.2 Å². The van der Waals surface area contributed by atoms with Gasteiger partial charge in [0.15, 0.2) is 0 Å². The highest BCUT2D eigenvalue weighted by Gasteiger charge is 2.25. The van der Waals surface area contributed by atoms with Gasteiger partial charge in [-0.3, -0.25) is 4.79 Å². The van der Waals surface area contributed by atoms with Crippen LogP contribution in [-0.2, 0) is 11.2 Å². The van der Waals surface area contributed by atoms with E-state index in [1.54, 1.807) is 0 Å². The maximum absolute atomic E-state index is 12.4. The zero-order valence-corrected chi connectivity index (χ0v) is 15.9. The number of hydrogen-bond acceptors (Lipinski definition) is 2. The van der Waals surface area contributed by atoms with E-state index in [2.05, 4.69) is 27.3 Å². The smallest absolute Gasteiger partial charge is 0.222 e. The van der Waals surface area contributed by atoms with E-state index in [1.807, 2.05) is 23.1 Å². The van der Waals surface area contributed by atoms with Crippen LogP contribution in [0.5, 0.6) is 0 Å². The van der Waals surface area contributed by atoms with Crippen molar-refractivity contribution < 1.29 is 4.79 Å². The summed E-state index contributed by atoms with van der Waals surface area (Å²) in [6.07, 6.45) is 6.45. The molecule has 2 aliphatic rings. The Morgan fingerprint density at radius 1 is 1.17 bits per heavy atom. The van der Waals surface area contributed by atoms with Crippen molar-refractivity contribution in [2.24, 2.45) is 5.92 Å². The lowest BCUT2D eigenvalue weighted by Gasteiger charge is -2.32. The first-order chi connectivity index (χ1) is 10.7. The number of nitrogens with one attached hydrogen (secondary N) is 1. The van der Waals surface area contributed by atoms with Gasteiger partial charge >= 0.3 is 0 Å². The molecule has 1 aliphatic heterocycles. The van der Waals surface area contributed by atoms with Crippen molar-refractivity contribution in [2.75, 3.05) is 19.6 Å². The lowest BCUT2D eigenvalue weighted by atomic mass is 10.0. The summed E-state index contributed by atoms with van der Waals surface area (Å²) in [4.78, 5) is 14.4. The van der Waals surface area contributed by atoms with Crippen LogP contribution in [0, 0.1) is 5.92 Å². The van der Waals surface area contributed by atoms with Gasteiger partial charge in [0, 0.05) is 30.0 Å². The Hall–Kier alpha value is -0.580. The first kappa shape index (κ1) is 18.8. The molecule has 1 saturated carbocycles. The second-order valence-electron chi connectivity index (χ2n) is 6.60. The predicted molar refractivity (Wildman–Crippen MR) is 100 cm³/mol. The molecule has 128 valence electrons. The summed E-state index contributed by atoms with van der Waals surface area (Å²) in [6, 6.07) is 8.78. The molecule has 5 heteroatoms. The van der Waals surface area contributed by atoms with Gasteiger partial charge in [-0.25, -0.2) is 0 Å². The Labute approximate surface area is 153 Å². The summed E-state index contributed by atoms with van der Waals surface area (Å²) in [5.41, 5.74) is 1.22. The molecule has 1 heterocycles. The van der Waals surface area contributed by atoms with Crippen LogP contribution in [0.2, 0.25) is 0 Å². The zero-order chi connectivity index (χ0) is 15.4. The third-order valence-corrected chi connectivity index (χ3v) is 5.58. The monoisotopic (exact) mass is 400 g/mol. The van der Waals surface area contributed by atoms with Crippen LogP contribution >= 0.6 is 28.3 Å². The minimum atomic E-state index is 0. The molecule has 1 saturated heterocycles. The molecular formula is C18H26BrClN2O. The van der Waals surface area contributed by atoms with Gasteiger partial charge in [-0.2, -0.15) is 0 Å². The SMILES string of the molecule is Cl.O=C(CCc1ccccc1Br)N1CCC(NCC2CC2)CC1. The molecule has 0 aromatic heterocycles. The van der Waals surface area contributed by atoms with Gasteiger partial charge in [0.2, 0.25) is 5.91 Å². The van der Waals surface area contributed by atoms with Crippen LogP contribution in [0.4, 0.5) is 0 Å². The average Bonchev–Trinajstić information content (AvgIpc) is 3.37. The maximum Gasteiger partial charge on any atom is 0.222 e. The van der Waals surface area contributed by atoms with E-state index in [4.69, 9.17) is 0 Å². The molecule has 0 atom stereocenters. The van der Waals surface area contributed by atoms with Crippen molar-refractivity contribution in [3.63, 3.8) is 0 Å². The number of carbonyl (C=O) groups excluding carboxylic acids is 1. The lowest BCUT2D eigenvalue weighted by molar-refractivity contribution is -0.132. The number of carbonyl (C=O) groups is 1. The summed E-state index contributed by atoms with van der Waals surface area (Å²) < 4.78 is 1.10. The molecule has 0 bridgehead atoms. The number of nitrogens with zero attached hydrogens (tertiary/aromatic N) is 1. The standard InChI is InChI=1S/C18H25BrN2O.ClH/c19-17-4-2-1-3-15(17)7-8-18(22)21-11-9-16(10-12-21)20-13-14-5-6-14;/h1-4,14,16,20H,5-13H2;1H. The first-order valence-electron chi connectivity index (χ1n) is 8.47. The minimum Gasteiger partial charge on any atom is -0.343 e. The summed E-state index contributed by atoms with van der Waals surface area (Å²) in [6.45, 7) is 3.01.